The van der Waals surface area contributed by atoms with Crippen LogP contribution in [0.25, 0.3) is 16.8 Å². The standard InChI is InChI=1S/C20H18F2N6/c1-26-12-13(10-23-26)16-11-24-28-8-6-19(25-20(16)28)27-7-2-3-18(27)15-9-14(21)4-5-17(15)22/h4-6,8-12,18H,2-3,7H2,1H3/t18-/m1/s1. The van der Waals surface area contributed by atoms with Gasteiger partial charge in [-0.05, 0) is 37.1 Å². The number of halogens is 2. The van der Waals surface area contributed by atoms with Gasteiger partial charge in [-0.2, -0.15) is 10.2 Å². The van der Waals surface area contributed by atoms with Crippen LogP contribution in [0.15, 0.2) is 49.1 Å². The van der Waals surface area contributed by atoms with Gasteiger partial charge in [0, 0.05) is 42.7 Å². The van der Waals surface area contributed by atoms with Crippen LogP contribution in [0.4, 0.5) is 14.6 Å². The summed E-state index contributed by atoms with van der Waals surface area (Å²) >= 11 is 0. The number of rotatable bonds is 3. The highest BCUT2D eigenvalue weighted by atomic mass is 19.1. The summed E-state index contributed by atoms with van der Waals surface area (Å²) in [5, 5.41) is 8.58. The topological polar surface area (TPSA) is 51.2 Å². The molecule has 142 valence electrons. The van der Waals surface area contributed by atoms with Crippen LogP contribution < -0.4 is 4.90 Å². The van der Waals surface area contributed by atoms with E-state index in [1.807, 2.05) is 30.4 Å². The number of anilines is 1. The van der Waals surface area contributed by atoms with Crippen molar-refractivity contribution in [3.63, 3.8) is 0 Å². The van der Waals surface area contributed by atoms with Gasteiger partial charge in [0.2, 0.25) is 0 Å². The van der Waals surface area contributed by atoms with Crippen LogP contribution in [-0.2, 0) is 7.05 Å². The van der Waals surface area contributed by atoms with Crippen molar-refractivity contribution >= 4 is 11.5 Å². The van der Waals surface area contributed by atoms with Crippen molar-refractivity contribution in [3.8, 4) is 11.1 Å². The van der Waals surface area contributed by atoms with E-state index in [0.29, 0.717) is 11.2 Å². The van der Waals surface area contributed by atoms with Crippen molar-refractivity contribution < 1.29 is 8.78 Å². The number of fused-ring (bicyclic) bond motifs is 1. The maximum Gasteiger partial charge on any atom is 0.165 e. The molecule has 1 atom stereocenters. The Labute approximate surface area is 160 Å². The SMILES string of the molecule is Cn1cc(-c2cnn3ccc(N4CCC[C@@H]4c4cc(F)ccc4F)nc23)cn1. The number of aromatic nitrogens is 5. The molecule has 8 heteroatoms. The lowest BCUT2D eigenvalue weighted by Crippen LogP contribution is -2.24. The van der Waals surface area contributed by atoms with Gasteiger partial charge >= 0.3 is 0 Å². The molecular weight excluding hydrogens is 362 g/mol. The van der Waals surface area contributed by atoms with E-state index >= 15 is 0 Å². The van der Waals surface area contributed by atoms with Gasteiger partial charge in [-0.3, -0.25) is 4.68 Å². The molecule has 0 aliphatic carbocycles. The largest absolute Gasteiger partial charge is 0.349 e. The van der Waals surface area contributed by atoms with Gasteiger partial charge in [-0.1, -0.05) is 0 Å². The molecule has 5 rings (SSSR count). The summed E-state index contributed by atoms with van der Waals surface area (Å²) < 4.78 is 31.5. The van der Waals surface area contributed by atoms with Crippen LogP contribution in [0, 0.1) is 11.6 Å². The Morgan fingerprint density at radius 3 is 2.82 bits per heavy atom. The second kappa shape index (κ2) is 6.40. The van der Waals surface area contributed by atoms with Crippen LogP contribution in [-0.4, -0.2) is 30.9 Å². The van der Waals surface area contributed by atoms with Gasteiger partial charge in [0.25, 0.3) is 0 Å². The molecule has 3 aromatic heterocycles. The Balaban J connectivity index is 1.57. The molecule has 1 aliphatic rings. The minimum absolute atomic E-state index is 0.240. The molecular formula is C20H18F2N6. The molecule has 1 aliphatic heterocycles. The fourth-order valence-corrected chi connectivity index (χ4v) is 3.92. The summed E-state index contributed by atoms with van der Waals surface area (Å²) in [6.07, 6.45) is 8.92. The van der Waals surface area contributed by atoms with Gasteiger partial charge in [0.1, 0.15) is 17.5 Å². The van der Waals surface area contributed by atoms with E-state index in [-0.39, 0.29) is 11.9 Å². The number of hydrogen-bond acceptors (Lipinski definition) is 4. The van der Waals surface area contributed by atoms with Gasteiger partial charge in [0.15, 0.2) is 5.65 Å². The van der Waals surface area contributed by atoms with E-state index in [9.17, 15) is 8.78 Å². The number of hydrogen-bond donors (Lipinski definition) is 0. The molecule has 0 radical (unpaired) electrons. The Bertz CT molecular complexity index is 1160. The van der Waals surface area contributed by atoms with E-state index in [1.165, 1.54) is 12.1 Å². The molecule has 4 aromatic rings. The minimum atomic E-state index is -0.429. The van der Waals surface area contributed by atoms with E-state index < -0.39 is 5.82 Å². The van der Waals surface area contributed by atoms with Crippen LogP contribution in [0.5, 0.6) is 0 Å². The number of benzene rings is 1. The molecule has 28 heavy (non-hydrogen) atoms. The third kappa shape index (κ3) is 2.72. The average Bonchev–Trinajstić information content (AvgIpc) is 3.42. The van der Waals surface area contributed by atoms with Crippen molar-refractivity contribution in [1.29, 1.82) is 0 Å². The fraction of sp³-hybridized carbons (Fsp3) is 0.250. The van der Waals surface area contributed by atoms with Crippen molar-refractivity contribution in [2.75, 3.05) is 11.4 Å². The highest BCUT2D eigenvalue weighted by Crippen LogP contribution is 2.37. The molecule has 0 spiro atoms. The second-order valence-electron chi connectivity index (χ2n) is 7.03. The average molecular weight is 380 g/mol. The van der Waals surface area contributed by atoms with E-state index in [1.54, 1.807) is 21.6 Å². The summed E-state index contributed by atoms with van der Waals surface area (Å²) in [5.41, 5.74) is 2.88. The first kappa shape index (κ1) is 16.9. The zero-order chi connectivity index (χ0) is 19.3. The summed E-state index contributed by atoms with van der Waals surface area (Å²) in [7, 11) is 1.86. The van der Waals surface area contributed by atoms with Crippen LogP contribution in [0.1, 0.15) is 24.4 Å². The zero-order valence-electron chi connectivity index (χ0n) is 15.3. The summed E-state index contributed by atoms with van der Waals surface area (Å²) in [6.45, 7) is 0.736. The molecule has 1 aromatic carbocycles. The predicted molar refractivity (Wildman–Crippen MR) is 101 cm³/mol. The normalized spacial score (nSPS) is 17.0. The number of nitrogens with zero attached hydrogens (tertiary/aromatic N) is 6. The van der Waals surface area contributed by atoms with Crippen molar-refractivity contribution in [2.45, 2.75) is 18.9 Å². The lowest BCUT2D eigenvalue weighted by atomic mass is 10.0. The molecule has 0 N–H and O–H groups in total. The van der Waals surface area contributed by atoms with E-state index in [0.717, 1.165) is 42.4 Å². The molecule has 6 nitrogen and oxygen atoms in total. The van der Waals surface area contributed by atoms with Gasteiger partial charge in [-0.15, -0.1) is 0 Å². The third-order valence-corrected chi connectivity index (χ3v) is 5.23. The summed E-state index contributed by atoms with van der Waals surface area (Å²) in [6, 6.07) is 5.25. The molecule has 1 fully saturated rings. The second-order valence-corrected chi connectivity index (χ2v) is 7.03. The van der Waals surface area contributed by atoms with Gasteiger partial charge in [0.05, 0.1) is 18.4 Å². The first-order valence-electron chi connectivity index (χ1n) is 9.15. The first-order valence-corrected chi connectivity index (χ1v) is 9.15. The lowest BCUT2D eigenvalue weighted by Gasteiger charge is -2.26. The van der Waals surface area contributed by atoms with Crippen LogP contribution in [0.2, 0.25) is 0 Å². The van der Waals surface area contributed by atoms with Crippen molar-refractivity contribution in [1.82, 2.24) is 24.4 Å². The molecule has 4 heterocycles. The van der Waals surface area contributed by atoms with E-state index in [4.69, 9.17) is 4.98 Å². The summed E-state index contributed by atoms with van der Waals surface area (Å²) in [5.74, 6) is -0.0922. The molecule has 0 unspecified atom stereocenters. The smallest absolute Gasteiger partial charge is 0.165 e. The van der Waals surface area contributed by atoms with Gasteiger partial charge < -0.3 is 4.90 Å². The predicted octanol–water partition coefficient (Wildman–Crippen LogP) is 3.75. The Morgan fingerprint density at radius 2 is 2.00 bits per heavy atom. The fourth-order valence-electron chi connectivity index (χ4n) is 3.92. The van der Waals surface area contributed by atoms with Crippen LogP contribution in [0.3, 0.4) is 0 Å². The quantitative estimate of drug-likeness (QED) is 0.543. The molecule has 0 bridgehead atoms. The Hall–Kier alpha value is -3.29. The lowest BCUT2D eigenvalue weighted by molar-refractivity contribution is 0.560. The van der Waals surface area contributed by atoms with Gasteiger partial charge in [-0.25, -0.2) is 18.3 Å². The maximum absolute atomic E-state index is 14.4. The Kier molecular flexibility index (Phi) is 3.85. The zero-order valence-corrected chi connectivity index (χ0v) is 15.3. The summed E-state index contributed by atoms with van der Waals surface area (Å²) in [4.78, 5) is 6.84. The highest BCUT2D eigenvalue weighted by Gasteiger charge is 2.30. The molecule has 0 saturated carbocycles. The third-order valence-electron chi connectivity index (χ3n) is 5.23. The van der Waals surface area contributed by atoms with E-state index in [2.05, 4.69) is 10.2 Å². The molecule has 1 saturated heterocycles. The molecule has 0 amide bonds. The Morgan fingerprint density at radius 1 is 1.11 bits per heavy atom. The highest BCUT2D eigenvalue weighted by molar-refractivity contribution is 5.77. The maximum atomic E-state index is 14.4. The van der Waals surface area contributed by atoms with Crippen molar-refractivity contribution in [3.05, 3.63) is 66.3 Å². The van der Waals surface area contributed by atoms with Crippen LogP contribution >= 0.6 is 0 Å². The minimum Gasteiger partial charge on any atom is -0.349 e. The monoisotopic (exact) mass is 380 g/mol. The van der Waals surface area contributed by atoms with Crippen molar-refractivity contribution in [2.24, 2.45) is 7.05 Å². The first-order chi connectivity index (χ1) is 13.6. The number of aryl methyl sites for hydroxylation is 1.